The predicted octanol–water partition coefficient (Wildman–Crippen LogP) is 4.26. The van der Waals surface area contributed by atoms with Crippen LogP contribution < -0.4 is 4.74 Å². The Hall–Kier alpha value is -1.84. The molecule has 0 N–H and O–H groups in total. The normalized spacial score (nSPS) is 18.9. The molecule has 0 amide bonds. The predicted molar refractivity (Wildman–Crippen MR) is 102 cm³/mol. The molecule has 3 nitrogen and oxygen atoms in total. The molecular formula is C22H29NO2. The largest absolute Gasteiger partial charge is 0.491 e. The maximum Gasteiger partial charge on any atom is 0.119 e. The zero-order valence-electron chi connectivity index (χ0n) is 15.6. The molecule has 1 atom stereocenters. The van der Waals surface area contributed by atoms with Crippen molar-refractivity contribution < 1.29 is 9.47 Å². The molecule has 2 aromatic carbocycles. The van der Waals surface area contributed by atoms with E-state index in [0.29, 0.717) is 6.61 Å². The molecule has 2 aromatic rings. The lowest BCUT2D eigenvalue weighted by atomic mass is 9.87. The van der Waals surface area contributed by atoms with Gasteiger partial charge in [0.1, 0.15) is 18.5 Å². The quantitative estimate of drug-likeness (QED) is 0.812. The Morgan fingerprint density at radius 3 is 2.64 bits per heavy atom. The molecule has 1 heterocycles. The van der Waals surface area contributed by atoms with E-state index in [1.54, 1.807) is 0 Å². The smallest absolute Gasteiger partial charge is 0.119 e. The second-order valence-electron chi connectivity index (χ2n) is 7.80. The van der Waals surface area contributed by atoms with Gasteiger partial charge in [0, 0.05) is 19.6 Å². The number of nitrogens with zero attached hydrogens (tertiary/aromatic N) is 1. The van der Waals surface area contributed by atoms with Crippen molar-refractivity contribution in [3.05, 3.63) is 65.7 Å². The Kier molecular flexibility index (Phi) is 5.77. The number of rotatable bonds is 5. The molecule has 1 unspecified atom stereocenters. The minimum absolute atomic E-state index is 0.121. The Morgan fingerprint density at radius 2 is 1.88 bits per heavy atom. The first-order valence-electron chi connectivity index (χ1n) is 9.12. The van der Waals surface area contributed by atoms with E-state index in [2.05, 4.69) is 74.2 Å². The van der Waals surface area contributed by atoms with Crippen molar-refractivity contribution in [3.63, 3.8) is 0 Å². The van der Waals surface area contributed by atoms with Crippen molar-refractivity contribution in [2.75, 3.05) is 26.3 Å². The van der Waals surface area contributed by atoms with Crippen LogP contribution in [0.2, 0.25) is 0 Å². The lowest BCUT2D eigenvalue weighted by Crippen LogP contribution is -2.44. The minimum atomic E-state index is 0.121. The third-order valence-electron chi connectivity index (χ3n) is 4.61. The molecular weight excluding hydrogens is 310 g/mol. The van der Waals surface area contributed by atoms with Gasteiger partial charge in [0.15, 0.2) is 0 Å². The zero-order chi connectivity index (χ0) is 17.7. The molecule has 25 heavy (non-hydrogen) atoms. The summed E-state index contributed by atoms with van der Waals surface area (Å²) in [6, 6.07) is 19.0. The fourth-order valence-electron chi connectivity index (χ4n) is 3.11. The highest BCUT2D eigenvalue weighted by atomic mass is 16.5. The van der Waals surface area contributed by atoms with Gasteiger partial charge < -0.3 is 9.47 Å². The lowest BCUT2D eigenvalue weighted by Gasteiger charge is -2.32. The molecule has 134 valence electrons. The molecule has 1 aliphatic heterocycles. The highest BCUT2D eigenvalue weighted by Gasteiger charge is 2.21. The summed E-state index contributed by atoms with van der Waals surface area (Å²) in [4.78, 5) is 2.44. The van der Waals surface area contributed by atoms with Crippen LogP contribution in [0, 0.1) is 0 Å². The number of hydrogen-bond acceptors (Lipinski definition) is 3. The summed E-state index contributed by atoms with van der Waals surface area (Å²) in [5, 5.41) is 0. The zero-order valence-corrected chi connectivity index (χ0v) is 15.6. The Labute approximate surface area is 151 Å². The first kappa shape index (κ1) is 18.0. The summed E-state index contributed by atoms with van der Waals surface area (Å²) in [7, 11) is 0. The van der Waals surface area contributed by atoms with Crippen LogP contribution in [0.15, 0.2) is 54.6 Å². The van der Waals surface area contributed by atoms with E-state index in [0.717, 1.165) is 32.0 Å². The molecule has 1 fully saturated rings. The molecule has 0 aliphatic carbocycles. The van der Waals surface area contributed by atoms with Gasteiger partial charge in [-0.25, -0.2) is 0 Å². The molecule has 3 heteroatoms. The van der Waals surface area contributed by atoms with Gasteiger partial charge in [-0.2, -0.15) is 0 Å². The standard InChI is InChI=1S/C22H29NO2/c1-22(2,3)19-10-7-11-20(14-19)25-17-21-16-23(12-13-24-21)15-18-8-5-4-6-9-18/h4-11,14,21H,12-13,15-17H2,1-3H3. The van der Waals surface area contributed by atoms with Crippen LogP contribution in [0.5, 0.6) is 5.75 Å². The van der Waals surface area contributed by atoms with Crippen molar-refractivity contribution in [1.29, 1.82) is 0 Å². The number of morpholine rings is 1. The third kappa shape index (κ3) is 5.32. The van der Waals surface area contributed by atoms with Crippen LogP contribution in [0.4, 0.5) is 0 Å². The molecule has 0 aromatic heterocycles. The molecule has 0 bridgehead atoms. The molecule has 1 aliphatic rings. The van der Waals surface area contributed by atoms with Gasteiger partial charge in [-0.1, -0.05) is 63.2 Å². The van der Waals surface area contributed by atoms with E-state index in [9.17, 15) is 0 Å². The summed E-state index contributed by atoms with van der Waals surface area (Å²) in [5.41, 5.74) is 2.77. The van der Waals surface area contributed by atoms with Crippen LogP contribution in [0.3, 0.4) is 0 Å². The fourth-order valence-corrected chi connectivity index (χ4v) is 3.11. The van der Waals surface area contributed by atoms with Crippen molar-refractivity contribution >= 4 is 0 Å². The van der Waals surface area contributed by atoms with Gasteiger partial charge in [0.05, 0.1) is 6.61 Å². The first-order valence-corrected chi connectivity index (χ1v) is 9.12. The second kappa shape index (κ2) is 8.03. The van der Waals surface area contributed by atoms with Gasteiger partial charge in [-0.15, -0.1) is 0 Å². The van der Waals surface area contributed by atoms with Crippen molar-refractivity contribution in [3.8, 4) is 5.75 Å². The molecule has 0 saturated carbocycles. The highest BCUT2D eigenvalue weighted by Crippen LogP contribution is 2.25. The Balaban J connectivity index is 1.53. The molecule has 3 rings (SSSR count). The summed E-state index contributed by atoms with van der Waals surface area (Å²) in [5.74, 6) is 0.927. The molecule has 0 spiro atoms. The summed E-state index contributed by atoms with van der Waals surface area (Å²) < 4.78 is 11.9. The SMILES string of the molecule is CC(C)(C)c1cccc(OCC2CN(Cc3ccccc3)CCO2)c1. The summed E-state index contributed by atoms with van der Waals surface area (Å²) >= 11 is 0. The maximum atomic E-state index is 6.03. The van der Waals surface area contributed by atoms with Gasteiger partial charge in [0.2, 0.25) is 0 Å². The van der Waals surface area contributed by atoms with Crippen LogP contribution >= 0.6 is 0 Å². The highest BCUT2D eigenvalue weighted by molar-refractivity contribution is 5.32. The molecule has 1 saturated heterocycles. The second-order valence-corrected chi connectivity index (χ2v) is 7.80. The fraction of sp³-hybridized carbons (Fsp3) is 0.455. The number of ether oxygens (including phenoxy) is 2. The van der Waals surface area contributed by atoms with Crippen molar-refractivity contribution in [2.45, 2.75) is 38.8 Å². The van der Waals surface area contributed by atoms with Crippen molar-refractivity contribution in [2.24, 2.45) is 0 Å². The van der Waals surface area contributed by atoms with E-state index < -0.39 is 0 Å². The maximum absolute atomic E-state index is 6.03. The van der Waals surface area contributed by atoms with E-state index in [4.69, 9.17) is 9.47 Å². The monoisotopic (exact) mass is 339 g/mol. The Morgan fingerprint density at radius 1 is 1.08 bits per heavy atom. The van der Waals surface area contributed by atoms with E-state index in [1.165, 1.54) is 11.1 Å². The van der Waals surface area contributed by atoms with Gasteiger partial charge >= 0.3 is 0 Å². The van der Waals surface area contributed by atoms with Crippen LogP contribution in [-0.2, 0) is 16.7 Å². The number of benzene rings is 2. The minimum Gasteiger partial charge on any atom is -0.491 e. The first-order chi connectivity index (χ1) is 12.0. The summed E-state index contributed by atoms with van der Waals surface area (Å²) in [6.07, 6.45) is 0.121. The average Bonchev–Trinajstić information content (AvgIpc) is 2.61. The lowest BCUT2D eigenvalue weighted by molar-refractivity contribution is -0.0504. The van der Waals surface area contributed by atoms with Gasteiger partial charge in [-0.05, 0) is 28.7 Å². The number of hydrogen-bond donors (Lipinski definition) is 0. The molecule has 0 radical (unpaired) electrons. The average molecular weight is 339 g/mol. The van der Waals surface area contributed by atoms with Crippen molar-refractivity contribution in [1.82, 2.24) is 4.90 Å². The van der Waals surface area contributed by atoms with E-state index in [1.807, 2.05) is 6.07 Å². The van der Waals surface area contributed by atoms with Crippen LogP contribution in [-0.4, -0.2) is 37.3 Å². The van der Waals surface area contributed by atoms with E-state index in [-0.39, 0.29) is 11.5 Å². The summed E-state index contributed by atoms with van der Waals surface area (Å²) in [6.45, 7) is 10.9. The van der Waals surface area contributed by atoms with Gasteiger partial charge in [-0.3, -0.25) is 4.90 Å². The third-order valence-corrected chi connectivity index (χ3v) is 4.61. The Bertz CT molecular complexity index is 663. The van der Waals surface area contributed by atoms with Crippen LogP contribution in [0.1, 0.15) is 31.9 Å². The van der Waals surface area contributed by atoms with Crippen LogP contribution in [0.25, 0.3) is 0 Å². The van der Waals surface area contributed by atoms with Gasteiger partial charge in [0.25, 0.3) is 0 Å². The topological polar surface area (TPSA) is 21.7 Å². The van der Waals surface area contributed by atoms with E-state index >= 15 is 0 Å².